The Bertz CT molecular complexity index is 824. The van der Waals surface area contributed by atoms with E-state index in [0.29, 0.717) is 22.3 Å². The number of pyridine rings is 1. The summed E-state index contributed by atoms with van der Waals surface area (Å²) in [5.41, 5.74) is 0.392. The summed E-state index contributed by atoms with van der Waals surface area (Å²) in [7, 11) is 0. The topological polar surface area (TPSA) is 69.4 Å². The molecule has 5 nitrogen and oxygen atoms in total. The molecule has 0 bridgehead atoms. The zero-order chi connectivity index (χ0) is 13.9. The van der Waals surface area contributed by atoms with Gasteiger partial charge in [-0.05, 0) is 36.4 Å². The molecule has 0 N–H and O–H groups in total. The lowest BCUT2D eigenvalue weighted by atomic mass is 10.2. The molecular weight excluding hydrogens is 258 g/mol. The van der Waals surface area contributed by atoms with Crippen molar-refractivity contribution in [3.8, 4) is 5.75 Å². The van der Waals surface area contributed by atoms with Crippen LogP contribution in [0.25, 0.3) is 11.0 Å². The molecule has 2 heterocycles. The minimum absolute atomic E-state index is 0.368. The van der Waals surface area contributed by atoms with Gasteiger partial charge in [-0.25, -0.2) is 9.59 Å². The molecule has 0 spiro atoms. The van der Waals surface area contributed by atoms with Gasteiger partial charge >= 0.3 is 11.6 Å². The van der Waals surface area contributed by atoms with E-state index < -0.39 is 11.6 Å². The molecule has 2 aromatic heterocycles. The summed E-state index contributed by atoms with van der Waals surface area (Å²) in [5.74, 6) is -0.116. The van der Waals surface area contributed by atoms with Gasteiger partial charge in [-0.3, -0.25) is 4.98 Å². The monoisotopic (exact) mass is 267 g/mol. The minimum atomic E-state index is -0.491. The molecule has 0 fully saturated rings. The maximum Gasteiger partial charge on any atom is 0.345 e. The summed E-state index contributed by atoms with van der Waals surface area (Å²) in [6, 6.07) is 11.0. The number of hydrogen-bond donors (Lipinski definition) is 0. The minimum Gasteiger partial charge on any atom is -0.423 e. The molecule has 98 valence electrons. The van der Waals surface area contributed by atoms with Crippen LogP contribution in [0.3, 0.4) is 0 Å². The normalized spacial score (nSPS) is 10.4. The van der Waals surface area contributed by atoms with Crippen molar-refractivity contribution >= 4 is 16.9 Å². The lowest BCUT2D eigenvalue weighted by molar-refractivity contribution is 0.0734. The number of benzene rings is 1. The fraction of sp³-hybridized carbons (Fsp3) is 0. The lowest BCUT2D eigenvalue weighted by Gasteiger charge is -2.04. The highest BCUT2D eigenvalue weighted by atomic mass is 16.5. The number of hydrogen-bond acceptors (Lipinski definition) is 5. The molecule has 0 radical (unpaired) electrons. The Hall–Kier alpha value is -2.95. The van der Waals surface area contributed by atoms with Crippen molar-refractivity contribution in [1.29, 1.82) is 0 Å². The maximum absolute atomic E-state index is 11.9. The van der Waals surface area contributed by atoms with Gasteiger partial charge in [0.05, 0.1) is 5.56 Å². The van der Waals surface area contributed by atoms with Crippen LogP contribution in [0.4, 0.5) is 0 Å². The Labute approximate surface area is 113 Å². The summed E-state index contributed by atoms with van der Waals surface area (Å²) >= 11 is 0. The van der Waals surface area contributed by atoms with Crippen molar-refractivity contribution in [3.63, 3.8) is 0 Å². The van der Waals surface area contributed by atoms with E-state index in [-0.39, 0.29) is 0 Å². The SMILES string of the molecule is O=C(Oc1ccc2oc(=O)ccc2c1)c1cccnc1. The third kappa shape index (κ3) is 2.42. The average molecular weight is 267 g/mol. The molecule has 3 aromatic rings. The first-order valence-electron chi connectivity index (χ1n) is 5.88. The maximum atomic E-state index is 11.9. The second-order valence-corrected chi connectivity index (χ2v) is 4.09. The average Bonchev–Trinajstić information content (AvgIpc) is 2.48. The van der Waals surface area contributed by atoms with E-state index in [0.717, 1.165) is 0 Å². The van der Waals surface area contributed by atoms with Crippen molar-refractivity contribution in [3.05, 3.63) is 70.8 Å². The molecular formula is C15H9NO4. The van der Waals surface area contributed by atoms with Crippen LogP contribution in [-0.4, -0.2) is 11.0 Å². The number of fused-ring (bicyclic) bond motifs is 1. The molecule has 0 saturated heterocycles. The number of rotatable bonds is 2. The summed E-state index contributed by atoms with van der Waals surface area (Å²) in [5, 5.41) is 0.682. The highest BCUT2D eigenvalue weighted by Crippen LogP contribution is 2.20. The summed E-state index contributed by atoms with van der Waals surface area (Å²) in [6.07, 6.45) is 3.01. The van der Waals surface area contributed by atoms with Crippen LogP contribution in [0.15, 0.2) is 64.1 Å². The molecule has 5 heteroatoms. The van der Waals surface area contributed by atoms with Crippen LogP contribution >= 0.6 is 0 Å². The number of nitrogens with zero attached hydrogens (tertiary/aromatic N) is 1. The second-order valence-electron chi connectivity index (χ2n) is 4.09. The van der Waals surface area contributed by atoms with Gasteiger partial charge in [0.1, 0.15) is 11.3 Å². The van der Waals surface area contributed by atoms with Gasteiger partial charge in [-0.1, -0.05) is 0 Å². The summed E-state index contributed by atoms with van der Waals surface area (Å²) in [6.45, 7) is 0. The van der Waals surface area contributed by atoms with Gasteiger partial charge in [-0.2, -0.15) is 0 Å². The zero-order valence-corrected chi connectivity index (χ0v) is 10.3. The number of carbonyl (C=O) groups excluding carboxylic acids is 1. The fourth-order valence-electron chi connectivity index (χ4n) is 1.76. The number of esters is 1. The van der Waals surface area contributed by atoms with Gasteiger partial charge in [0.25, 0.3) is 0 Å². The van der Waals surface area contributed by atoms with Crippen molar-refractivity contribution in [2.75, 3.05) is 0 Å². The first-order chi connectivity index (χ1) is 9.72. The predicted molar refractivity (Wildman–Crippen MR) is 71.7 cm³/mol. The van der Waals surface area contributed by atoms with Crippen molar-refractivity contribution in [1.82, 2.24) is 4.98 Å². The molecule has 0 unspecified atom stereocenters. The highest BCUT2D eigenvalue weighted by Gasteiger charge is 2.09. The van der Waals surface area contributed by atoms with E-state index in [1.807, 2.05) is 0 Å². The molecule has 20 heavy (non-hydrogen) atoms. The summed E-state index contributed by atoms with van der Waals surface area (Å²) in [4.78, 5) is 26.8. The largest absolute Gasteiger partial charge is 0.423 e. The highest BCUT2D eigenvalue weighted by molar-refractivity contribution is 5.91. The Balaban J connectivity index is 1.90. The summed E-state index contributed by atoms with van der Waals surface area (Å²) < 4.78 is 10.2. The molecule has 0 amide bonds. The van der Waals surface area contributed by atoms with E-state index >= 15 is 0 Å². The van der Waals surface area contributed by atoms with Crippen LogP contribution in [0.2, 0.25) is 0 Å². The van der Waals surface area contributed by atoms with Crippen LogP contribution < -0.4 is 10.4 Å². The van der Waals surface area contributed by atoms with E-state index in [9.17, 15) is 9.59 Å². The van der Waals surface area contributed by atoms with Gasteiger partial charge < -0.3 is 9.15 Å². The molecule has 0 atom stereocenters. The van der Waals surface area contributed by atoms with Crippen LogP contribution in [-0.2, 0) is 0 Å². The Kier molecular flexibility index (Phi) is 3.01. The molecule has 0 aliphatic rings. The number of aromatic nitrogens is 1. The first-order valence-corrected chi connectivity index (χ1v) is 5.88. The third-order valence-electron chi connectivity index (χ3n) is 2.70. The van der Waals surface area contributed by atoms with E-state index in [2.05, 4.69) is 4.98 Å². The molecule has 3 rings (SSSR count). The van der Waals surface area contributed by atoms with Crippen molar-refractivity contribution in [2.24, 2.45) is 0 Å². The van der Waals surface area contributed by atoms with Gasteiger partial charge in [-0.15, -0.1) is 0 Å². The Morgan fingerprint density at radius 3 is 2.85 bits per heavy atom. The standard InChI is InChI=1S/C15H9NO4/c17-14-6-3-10-8-12(4-5-13(10)20-14)19-15(18)11-2-1-7-16-9-11/h1-9H. The van der Waals surface area contributed by atoms with E-state index in [4.69, 9.17) is 9.15 Å². The van der Waals surface area contributed by atoms with Gasteiger partial charge in [0.2, 0.25) is 0 Å². The van der Waals surface area contributed by atoms with Crippen molar-refractivity contribution in [2.45, 2.75) is 0 Å². The van der Waals surface area contributed by atoms with Gasteiger partial charge in [0, 0.05) is 23.8 Å². The van der Waals surface area contributed by atoms with Crippen molar-refractivity contribution < 1.29 is 13.9 Å². The zero-order valence-electron chi connectivity index (χ0n) is 10.3. The lowest BCUT2D eigenvalue weighted by Crippen LogP contribution is -2.08. The van der Waals surface area contributed by atoms with Crippen LogP contribution in [0, 0.1) is 0 Å². The first kappa shape index (κ1) is 12.1. The Morgan fingerprint density at radius 2 is 2.05 bits per heavy atom. The van der Waals surface area contributed by atoms with E-state index in [1.165, 1.54) is 12.3 Å². The van der Waals surface area contributed by atoms with Crippen LogP contribution in [0.1, 0.15) is 10.4 Å². The number of ether oxygens (including phenoxy) is 1. The molecule has 0 saturated carbocycles. The smallest absolute Gasteiger partial charge is 0.345 e. The second kappa shape index (κ2) is 4.97. The fourth-order valence-corrected chi connectivity index (χ4v) is 1.76. The quantitative estimate of drug-likeness (QED) is 0.405. The number of carbonyl (C=O) groups is 1. The van der Waals surface area contributed by atoms with E-state index in [1.54, 1.807) is 42.6 Å². The van der Waals surface area contributed by atoms with Crippen LogP contribution in [0.5, 0.6) is 5.75 Å². The molecule has 1 aromatic carbocycles. The predicted octanol–water partition coefficient (Wildman–Crippen LogP) is 2.41. The third-order valence-corrected chi connectivity index (χ3v) is 2.70. The molecule has 0 aliphatic heterocycles. The van der Waals surface area contributed by atoms with Gasteiger partial charge in [0.15, 0.2) is 0 Å². The Morgan fingerprint density at radius 1 is 1.15 bits per heavy atom. The molecule has 0 aliphatic carbocycles.